The molecule has 2 fully saturated rings. The van der Waals surface area contributed by atoms with Crippen molar-refractivity contribution < 1.29 is 18.3 Å². The lowest BCUT2D eigenvalue weighted by molar-refractivity contribution is 0.122. The SMILES string of the molecule is CN[C@@H]1CCN(c2nc(N3CCOCC3)nc(-n3c(C(F)F)nc4c(OC)cccc43)n2)C1. The summed E-state index contributed by atoms with van der Waals surface area (Å²) < 4.78 is 40.3. The number of ether oxygens (including phenoxy) is 2. The van der Waals surface area contributed by atoms with Crippen molar-refractivity contribution in [3.63, 3.8) is 0 Å². The van der Waals surface area contributed by atoms with Gasteiger partial charge in [-0.3, -0.25) is 4.57 Å². The summed E-state index contributed by atoms with van der Waals surface area (Å²) in [6.45, 7) is 3.82. The highest BCUT2D eigenvalue weighted by Gasteiger charge is 2.28. The Morgan fingerprint density at radius 2 is 1.76 bits per heavy atom. The van der Waals surface area contributed by atoms with Crippen LogP contribution in [0.3, 0.4) is 0 Å². The molecule has 3 aromatic rings. The number of hydrogen-bond acceptors (Lipinski definition) is 9. The molecule has 0 radical (unpaired) electrons. The van der Waals surface area contributed by atoms with Crippen LogP contribution in [0, 0.1) is 0 Å². The fourth-order valence-electron chi connectivity index (χ4n) is 4.28. The number of aromatic nitrogens is 5. The van der Waals surface area contributed by atoms with Crippen LogP contribution in [0.25, 0.3) is 17.0 Å². The summed E-state index contributed by atoms with van der Waals surface area (Å²) in [4.78, 5) is 22.2. The number of alkyl halides is 2. The molecule has 1 N–H and O–H groups in total. The fraction of sp³-hybridized carbons (Fsp3) is 0.524. The number of nitrogens with one attached hydrogen (secondary N) is 1. The van der Waals surface area contributed by atoms with Crippen molar-refractivity contribution in [3.8, 4) is 11.7 Å². The molecular weight excluding hydrogens is 434 g/mol. The molecule has 5 rings (SSSR count). The first kappa shape index (κ1) is 21.7. The minimum absolute atomic E-state index is 0.112. The first-order chi connectivity index (χ1) is 16.1. The Labute approximate surface area is 189 Å². The van der Waals surface area contributed by atoms with E-state index in [1.54, 1.807) is 18.2 Å². The molecule has 1 aromatic carbocycles. The van der Waals surface area contributed by atoms with Crippen molar-refractivity contribution in [2.24, 2.45) is 0 Å². The van der Waals surface area contributed by atoms with Crippen LogP contribution in [0.15, 0.2) is 18.2 Å². The average Bonchev–Trinajstić information content (AvgIpc) is 3.49. The van der Waals surface area contributed by atoms with Crippen LogP contribution in [0.2, 0.25) is 0 Å². The number of anilines is 2. The van der Waals surface area contributed by atoms with E-state index in [1.807, 2.05) is 11.9 Å². The van der Waals surface area contributed by atoms with E-state index in [1.165, 1.54) is 11.7 Å². The number of halogens is 2. The molecule has 176 valence electrons. The number of benzene rings is 1. The highest BCUT2D eigenvalue weighted by molar-refractivity contribution is 5.84. The molecule has 10 nitrogen and oxygen atoms in total. The molecule has 33 heavy (non-hydrogen) atoms. The molecule has 0 bridgehead atoms. The van der Waals surface area contributed by atoms with Gasteiger partial charge < -0.3 is 24.6 Å². The van der Waals surface area contributed by atoms with Crippen LogP contribution in [-0.4, -0.2) is 84.1 Å². The zero-order valence-electron chi connectivity index (χ0n) is 18.5. The second-order valence-corrected chi connectivity index (χ2v) is 7.99. The van der Waals surface area contributed by atoms with Crippen molar-refractivity contribution in [1.29, 1.82) is 0 Å². The molecular formula is C21H26F2N8O2. The van der Waals surface area contributed by atoms with Crippen molar-refractivity contribution >= 4 is 22.9 Å². The van der Waals surface area contributed by atoms with Crippen molar-refractivity contribution in [1.82, 2.24) is 29.8 Å². The van der Waals surface area contributed by atoms with Crippen molar-refractivity contribution in [3.05, 3.63) is 24.0 Å². The van der Waals surface area contributed by atoms with Crippen LogP contribution < -0.4 is 19.9 Å². The summed E-state index contributed by atoms with van der Waals surface area (Å²) in [5, 5.41) is 3.28. The van der Waals surface area contributed by atoms with Gasteiger partial charge >= 0.3 is 0 Å². The van der Waals surface area contributed by atoms with Gasteiger partial charge in [0.2, 0.25) is 17.8 Å². The van der Waals surface area contributed by atoms with Gasteiger partial charge in [-0.1, -0.05) is 6.07 Å². The van der Waals surface area contributed by atoms with Crippen molar-refractivity contribution in [2.75, 3.05) is 63.4 Å². The van der Waals surface area contributed by atoms with Gasteiger partial charge in [0.1, 0.15) is 11.3 Å². The number of hydrogen-bond donors (Lipinski definition) is 1. The third-order valence-electron chi connectivity index (χ3n) is 6.06. The van der Waals surface area contributed by atoms with E-state index in [0.29, 0.717) is 61.0 Å². The number of methoxy groups -OCH3 is 1. The largest absolute Gasteiger partial charge is 0.494 e. The second kappa shape index (κ2) is 9.02. The molecule has 0 amide bonds. The lowest BCUT2D eigenvalue weighted by Gasteiger charge is -2.28. The van der Waals surface area contributed by atoms with E-state index in [9.17, 15) is 8.78 Å². The van der Waals surface area contributed by atoms with Gasteiger partial charge in [-0.25, -0.2) is 13.8 Å². The average molecular weight is 460 g/mol. The van der Waals surface area contributed by atoms with Crippen LogP contribution in [-0.2, 0) is 4.74 Å². The molecule has 0 unspecified atom stereocenters. The monoisotopic (exact) mass is 460 g/mol. The third-order valence-corrected chi connectivity index (χ3v) is 6.06. The number of imidazole rings is 1. The number of morpholine rings is 1. The van der Waals surface area contributed by atoms with Gasteiger partial charge in [-0.05, 0) is 25.6 Å². The maximum absolute atomic E-state index is 14.1. The Balaban J connectivity index is 1.68. The number of rotatable bonds is 6. The minimum atomic E-state index is -2.82. The smallest absolute Gasteiger partial charge is 0.296 e. The normalized spacial score (nSPS) is 19.1. The third kappa shape index (κ3) is 4.04. The Bertz CT molecular complexity index is 1130. The number of para-hydroxylation sites is 1. The van der Waals surface area contributed by atoms with Gasteiger partial charge in [0.25, 0.3) is 6.43 Å². The van der Waals surface area contributed by atoms with Gasteiger partial charge in [-0.15, -0.1) is 0 Å². The highest BCUT2D eigenvalue weighted by Crippen LogP contribution is 2.32. The van der Waals surface area contributed by atoms with Gasteiger partial charge in [-0.2, -0.15) is 15.0 Å². The first-order valence-electron chi connectivity index (χ1n) is 10.9. The second-order valence-electron chi connectivity index (χ2n) is 7.99. The predicted molar refractivity (Wildman–Crippen MR) is 119 cm³/mol. The molecule has 0 saturated carbocycles. The van der Waals surface area contributed by atoms with E-state index in [0.717, 1.165) is 19.5 Å². The molecule has 2 saturated heterocycles. The van der Waals surface area contributed by atoms with Crippen LogP contribution in [0.5, 0.6) is 5.75 Å². The van der Waals surface area contributed by atoms with Crippen molar-refractivity contribution in [2.45, 2.75) is 18.9 Å². The molecule has 12 heteroatoms. The van der Waals surface area contributed by atoms with Crippen LogP contribution in [0.4, 0.5) is 20.7 Å². The maximum Gasteiger partial charge on any atom is 0.296 e. The zero-order chi connectivity index (χ0) is 22.9. The Morgan fingerprint density at radius 1 is 1.03 bits per heavy atom. The molecule has 2 aliphatic rings. The van der Waals surface area contributed by atoms with Crippen LogP contribution in [0.1, 0.15) is 18.7 Å². The van der Waals surface area contributed by atoms with Gasteiger partial charge in [0, 0.05) is 32.2 Å². The fourth-order valence-corrected chi connectivity index (χ4v) is 4.28. The van der Waals surface area contributed by atoms with E-state index in [-0.39, 0.29) is 5.95 Å². The Hall–Kier alpha value is -3.12. The summed E-state index contributed by atoms with van der Waals surface area (Å²) in [7, 11) is 3.41. The zero-order valence-corrected chi connectivity index (χ0v) is 18.5. The predicted octanol–water partition coefficient (Wildman–Crippen LogP) is 1.79. The summed E-state index contributed by atoms with van der Waals surface area (Å²) >= 11 is 0. The van der Waals surface area contributed by atoms with Gasteiger partial charge in [0.05, 0.1) is 25.8 Å². The summed E-state index contributed by atoms with van der Waals surface area (Å²) in [6.07, 6.45) is -1.88. The van der Waals surface area contributed by atoms with E-state index < -0.39 is 12.2 Å². The van der Waals surface area contributed by atoms with E-state index in [4.69, 9.17) is 14.5 Å². The molecule has 2 aliphatic heterocycles. The topological polar surface area (TPSA) is 93.5 Å². The summed E-state index contributed by atoms with van der Waals surface area (Å²) in [5.74, 6) is 0.988. The summed E-state index contributed by atoms with van der Waals surface area (Å²) in [5.41, 5.74) is 0.783. The Morgan fingerprint density at radius 3 is 2.42 bits per heavy atom. The minimum Gasteiger partial charge on any atom is -0.494 e. The maximum atomic E-state index is 14.1. The molecule has 0 spiro atoms. The standard InChI is InChI=1S/C21H26F2N8O2/c1-24-13-6-7-30(12-13)20-26-19(29-8-10-33-11-9-29)27-21(28-20)31-14-4-3-5-15(32-2)16(14)25-18(31)17(22)23/h3-5,13,17,24H,6-12H2,1-2H3/t13-/m1/s1. The lowest BCUT2D eigenvalue weighted by Crippen LogP contribution is -2.38. The summed E-state index contributed by atoms with van der Waals surface area (Å²) in [6, 6.07) is 5.45. The van der Waals surface area contributed by atoms with Gasteiger partial charge in [0.15, 0.2) is 5.82 Å². The van der Waals surface area contributed by atoms with Crippen LogP contribution >= 0.6 is 0 Å². The lowest BCUT2D eigenvalue weighted by atomic mass is 10.3. The molecule has 0 aliphatic carbocycles. The first-order valence-corrected chi connectivity index (χ1v) is 10.9. The Kier molecular flexibility index (Phi) is 5.94. The quantitative estimate of drug-likeness (QED) is 0.591. The molecule has 1 atom stereocenters. The number of fused-ring (bicyclic) bond motifs is 1. The number of likely N-dealkylation sites (N-methyl/N-ethyl adjacent to an activating group) is 1. The van der Waals surface area contributed by atoms with E-state index >= 15 is 0 Å². The molecule has 4 heterocycles. The van der Waals surface area contributed by atoms with E-state index in [2.05, 4.69) is 25.2 Å². The number of nitrogens with zero attached hydrogens (tertiary/aromatic N) is 7. The molecule has 2 aromatic heterocycles. The highest BCUT2D eigenvalue weighted by atomic mass is 19.3.